The van der Waals surface area contributed by atoms with Gasteiger partial charge in [-0.15, -0.1) is 0 Å². The number of aliphatic hydroxyl groups is 3. The molecule has 0 aliphatic carbocycles. The molecule has 9 heteroatoms. The van der Waals surface area contributed by atoms with Crippen molar-refractivity contribution in [1.82, 2.24) is 9.55 Å². The molecule has 2 heterocycles. The van der Waals surface area contributed by atoms with Gasteiger partial charge in [0.15, 0.2) is 12.4 Å². The van der Waals surface area contributed by atoms with Crippen LogP contribution in [0.15, 0.2) is 17.1 Å². The molecule has 0 amide bonds. The van der Waals surface area contributed by atoms with Gasteiger partial charge in [-0.2, -0.15) is 4.98 Å². The van der Waals surface area contributed by atoms with E-state index in [-0.39, 0.29) is 5.82 Å². The highest BCUT2D eigenvalue weighted by Gasteiger charge is 2.45. The molecule has 19 heavy (non-hydrogen) atoms. The largest absolute Gasteiger partial charge is 0.394 e. The zero-order chi connectivity index (χ0) is 14.2. The minimum atomic E-state index is -2.06. The third-order valence-electron chi connectivity index (χ3n) is 2.95. The van der Waals surface area contributed by atoms with Crippen LogP contribution in [0.4, 0.5) is 10.2 Å². The summed E-state index contributed by atoms with van der Waals surface area (Å²) in [4.78, 5) is 15.0. The van der Waals surface area contributed by atoms with Crippen molar-refractivity contribution in [3.05, 3.63) is 22.7 Å². The lowest BCUT2D eigenvalue weighted by molar-refractivity contribution is -0.237. The number of halogens is 1. The third-order valence-corrected chi connectivity index (χ3v) is 2.95. The van der Waals surface area contributed by atoms with E-state index in [9.17, 15) is 19.4 Å². The molecule has 0 aromatic carbocycles. The highest BCUT2D eigenvalue weighted by Crippen LogP contribution is 2.29. The van der Waals surface area contributed by atoms with Gasteiger partial charge < -0.3 is 25.8 Å². The first kappa shape index (κ1) is 13.9. The van der Waals surface area contributed by atoms with Crippen molar-refractivity contribution in [3.8, 4) is 0 Å². The van der Waals surface area contributed by atoms with E-state index in [4.69, 9.17) is 15.6 Å². The van der Waals surface area contributed by atoms with Gasteiger partial charge in [0.2, 0.25) is 0 Å². The third kappa shape index (κ3) is 2.45. The zero-order valence-electron chi connectivity index (χ0n) is 9.76. The molecule has 1 saturated heterocycles. The highest BCUT2D eigenvalue weighted by atomic mass is 19.1. The van der Waals surface area contributed by atoms with Crippen LogP contribution in [-0.2, 0) is 4.74 Å². The standard InChI is InChI=1S/C10H14FN3O5/c11-6-7(16)4(3-15)19-9(8(6)17)14-2-1-5(12)13-10(14)18/h1-2,4,6-9,15-17H,3H2,(H2,12,13,18). The summed E-state index contributed by atoms with van der Waals surface area (Å²) in [6, 6.07) is 1.28. The van der Waals surface area contributed by atoms with E-state index >= 15 is 0 Å². The second kappa shape index (κ2) is 5.21. The molecule has 5 N–H and O–H groups in total. The van der Waals surface area contributed by atoms with Gasteiger partial charge in [-0.3, -0.25) is 4.57 Å². The number of nitrogens with two attached hydrogens (primary N) is 1. The van der Waals surface area contributed by atoms with Gasteiger partial charge in [-0.1, -0.05) is 0 Å². The molecule has 2 rings (SSSR count). The Balaban J connectivity index is 2.35. The molecule has 5 atom stereocenters. The number of hydrogen-bond donors (Lipinski definition) is 4. The lowest BCUT2D eigenvalue weighted by Crippen LogP contribution is -2.56. The van der Waals surface area contributed by atoms with E-state index in [2.05, 4.69) is 4.98 Å². The highest BCUT2D eigenvalue weighted by molar-refractivity contribution is 5.23. The first-order valence-electron chi connectivity index (χ1n) is 5.57. The number of nitrogens with zero attached hydrogens (tertiary/aromatic N) is 2. The fourth-order valence-electron chi connectivity index (χ4n) is 1.91. The summed E-state index contributed by atoms with van der Waals surface area (Å²) in [5, 5.41) is 28.1. The van der Waals surface area contributed by atoms with Crippen LogP contribution in [0, 0.1) is 0 Å². The van der Waals surface area contributed by atoms with E-state index in [1.54, 1.807) is 0 Å². The minimum Gasteiger partial charge on any atom is -0.394 e. The lowest BCUT2D eigenvalue weighted by atomic mass is 9.99. The van der Waals surface area contributed by atoms with Gasteiger partial charge >= 0.3 is 5.69 Å². The minimum absolute atomic E-state index is 0.0258. The number of aliphatic hydroxyl groups excluding tert-OH is 3. The molecule has 0 saturated carbocycles. The molecule has 0 radical (unpaired) electrons. The molecule has 106 valence electrons. The molecular formula is C10H14FN3O5. The van der Waals surface area contributed by atoms with Gasteiger partial charge in [0.05, 0.1) is 6.61 Å². The summed E-state index contributed by atoms with van der Waals surface area (Å²) in [5.41, 5.74) is 4.48. The summed E-state index contributed by atoms with van der Waals surface area (Å²) in [6.45, 7) is -0.651. The Morgan fingerprint density at radius 1 is 1.47 bits per heavy atom. The second-order valence-corrected chi connectivity index (χ2v) is 4.22. The fourth-order valence-corrected chi connectivity index (χ4v) is 1.91. The average Bonchev–Trinajstić information content (AvgIpc) is 2.38. The van der Waals surface area contributed by atoms with Crippen molar-refractivity contribution in [2.75, 3.05) is 12.3 Å². The Kier molecular flexibility index (Phi) is 3.80. The Morgan fingerprint density at radius 3 is 2.74 bits per heavy atom. The molecule has 0 bridgehead atoms. The molecule has 1 aromatic heterocycles. The van der Waals surface area contributed by atoms with Crippen LogP contribution in [-0.4, -0.2) is 56.0 Å². The first-order valence-corrected chi connectivity index (χ1v) is 5.57. The van der Waals surface area contributed by atoms with Gasteiger partial charge in [0.1, 0.15) is 24.1 Å². The molecule has 1 fully saturated rings. The van der Waals surface area contributed by atoms with Crippen molar-refractivity contribution in [2.45, 2.75) is 30.7 Å². The maximum atomic E-state index is 13.7. The number of anilines is 1. The number of rotatable bonds is 2. The van der Waals surface area contributed by atoms with Crippen LogP contribution in [0.2, 0.25) is 0 Å². The van der Waals surface area contributed by atoms with Gasteiger partial charge in [0.25, 0.3) is 0 Å². The summed E-state index contributed by atoms with van der Waals surface area (Å²) in [5.74, 6) is -0.0258. The van der Waals surface area contributed by atoms with Crippen molar-refractivity contribution < 1.29 is 24.4 Å². The normalized spacial score (nSPS) is 35.3. The fraction of sp³-hybridized carbons (Fsp3) is 0.600. The predicted octanol–water partition coefficient (Wildman–Crippen LogP) is -2.22. The number of nitrogen functional groups attached to an aromatic ring is 1. The molecule has 1 aliphatic heterocycles. The van der Waals surface area contributed by atoms with Crippen molar-refractivity contribution in [1.29, 1.82) is 0 Å². The number of alkyl halides is 1. The SMILES string of the molecule is Nc1ccn(C2OC(CO)C(O)C(F)C2O)c(=O)n1. The van der Waals surface area contributed by atoms with Crippen molar-refractivity contribution >= 4 is 5.82 Å². The zero-order valence-corrected chi connectivity index (χ0v) is 9.76. The van der Waals surface area contributed by atoms with Crippen LogP contribution < -0.4 is 11.4 Å². The second-order valence-electron chi connectivity index (χ2n) is 4.22. The molecule has 0 spiro atoms. The topological polar surface area (TPSA) is 131 Å². The predicted molar refractivity (Wildman–Crippen MR) is 60.8 cm³/mol. The Morgan fingerprint density at radius 2 is 2.16 bits per heavy atom. The Hall–Kier alpha value is -1.55. The summed E-state index contributed by atoms with van der Waals surface area (Å²) in [6.07, 6.45) is -6.93. The monoisotopic (exact) mass is 275 g/mol. The van der Waals surface area contributed by atoms with Gasteiger partial charge in [-0.25, -0.2) is 9.18 Å². The quantitative estimate of drug-likeness (QED) is 0.480. The molecule has 1 aliphatic rings. The molecular weight excluding hydrogens is 261 g/mol. The van der Waals surface area contributed by atoms with E-state index in [0.717, 1.165) is 4.57 Å². The Bertz CT molecular complexity index is 508. The summed E-state index contributed by atoms with van der Waals surface area (Å²) < 4.78 is 19.7. The van der Waals surface area contributed by atoms with Crippen LogP contribution in [0.5, 0.6) is 0 Å². The van der Waals surface area contributed by atoms with Crippen LogP contribution in [0.3, 0.4) is 0 Å². The van der Waals surface area contributed by atoms with Crippen molar-refractivity contribution in [3.63, 3.8) is 0 Å². The van der Waals surface area contributed by atoms with Crippen LogP contribution >= 0.6 is 0 Å². The van der Waals surface area contributed by atoms with Crippen molar-refractivity contribution in [2.24, 2.45) is 0 Å². The number of aromatic nitrogens is 2. The summed E-state index contributed by atoms with van der Waals surface area (Å²) >= 11 is 0. The summed E-state index contributed by atoms with van der Waals surface area (Å²) in [7, 11) is 0. The van der Waals surface area contributed by atoms with E-state index in [1.807, 2.05) is 0 Å². The molecule has 8 nitrogen and oxygen atoms in total. The molecule has 5 unspecified atom stereocenters. The van der Waals surface area contributed by atoms with E-state index < -0.39 is 43.0 Å². The maximum absolute atomic E-state index is 13.7. The van der Waals surface area contributed by atoms with Crippen LogP contribution in [0.25, 0.3) is 0 Å². The maximum Gasteiger partial charge on any atom is 0.351 e. The van der Waals surface area contributed by atoms with Gasteiger partial charge in [-0.05, 0) is 6.07 Å². The van der Waals surface area contributed by atoms with E-state index in [1.165, 1.54) is 12.3 Å². The Labute approximate surface area is 106 Å². The lowest BCUT2D eigenvalue weighted by Gasteiger charge is -2.39. The average molecular weight is 275 g/mol. The first-order chi connectivity index (χ1) is 8.95. The van der Waals surface area contributed by atoms with E-state index in [0.29, 0.717) is 0 Å². The smallest absolute Gasteiger partial charge is 0.351 e. The number of hydrogen-bond acceptors (Lipinski definition) is 7. The van der Waals surface area contributed by atoms with Crippen LogP contribution in [0.1, 0.15) is 6.23 Å². The van der Waals surface area contributed by atoms with Gasteiger partial charge in [0, 0.05) is 6.20 Å². The number of ether oxygens (including phenoxy) is 1. The molecule has 1 aromatic rings.